The third-order valence-electron chi connectivity index (χ3n) is 4.81. The Morgan fingerprint density at radius 3 is 2.61 bits per heavy atom. The van der Waals surface area contributed by atoms with Crippen molar-refractivity contribution in [2.75, 3.05) is 6.61 Å². The maximum absolute atomic E-state index is 12.1. The van der Waals surface area contributed by atoms with Crippen LogP contribution < -0.4 is 0 Å². The topological polar surface area (TPSA) is 26.3 Å². The van der Waals surface area contributed by atoms with Gasteiger partial charge < -0.3 is 4.74 Å². The second-order valence-electron chi connectivity index (χ2n) is 7.22. The Morgan fingerprint density at radius 2 is 2.00 bits per heavy atom. The van der Waals surface area contributed by atoms with Crippen LogP contribution in [-0.2, 0) is 9.53 Å². The lowest BCUT2D eigenvalue weighted by molar-refractivity contribution is -0.128. The summed E-state index contributed by atoms with van der Waals surface area (Å²) in [6.45, 7) is 7.82. The van der Waals surface area contributed by atoms with E-state index in [4.69, 9.17) is 4.74 Å². The van der Waals surface area contributed by atoms with Gasteiger partial charge in [-0.3, -0.25) is 4.79 Å². The van der Waals surface area contributed by atoms with Gasteiger partial charge in [-0.2, -0.15) is 0 Å². The molecule has 104 valence electrons. The van der Waals surface area contributed by atoms with E-state index >= 15 is 0 Å². The van der Waals surface area contributed by atoms with E-state index in [0.29, 0.717) is 23.2 Å². The molecule has 0 aromatic heterocycles. The molecule has 2 rings (SSSR count). The first-order chi connectivity index (χ1) is 8.47. The summed E-state index contributed by atoms with van der Waals surface area (Å²) in [6, 6.07) is 0. The Morgan fingerprint density at radius 1 is 1.22 bits per heavy atom. The summed E-state index contributed by atoms with van der Waals surface area (Å²) in [5.41, 5.74) is 0.340. The molecule has 3 atom stereocenters. The van der Waals surface area contributed by atoms with Gasteiger partial charge >= 0.3 is 0 Å². The average Bonchev–Trinajstić information content (AvgIpc) is 2.32. The van der Waals surface area contributed by atoms with Gasteiger partial charge in [0.1, 0.15) is 5.78 Å². The zero-order chi connectivity index (χ0) is 13.2. The number of rotatable bonds is 2. The van der Waals surface area contributed by atoms with Crippen molar-refractivity contribution in [1.29, 1.82) is 0 Å². The van der Waals surface area contributed by atoms with Gasteiger partial charge in [0, 0.05) is 18.9 Å². The summed E-state index contributed by atoms with van der Waals surface area (Å²) in [5, 5.41) is 0. The summed E-state index contributed by atoms with van der Waals surface area (Å²) in [6.07, 6.45) is 7.92. The van der Waals surface area contributed by atoms with Crippen molar-refractivity contribution in [3.63, 3.8) is 0 Å². The standard InChI is InChI=1S/C16H28O2/c1-16(2,3)13-7-8-15(17)12(10-13)11-14-6-4-5-9-18-14/h12-14H,4-11H2,1-3H3. The van der Waals surface area contributed by atoms with Gasteiger partial charge in [0.2, 0.25) is 0 Å². The van der Waals surface area contributed by atoms with Gasteiger partial charge in [-0.25, -0.2) is 0 Å². The minimum atomic E-state index is 0.270. The van der Waals surface area contributed by atoms with Crippen molar-refractivity contribution in [3.05, 3.63) is 0 Å². The van der Waals surface area contributed by atoms with Gasteiger partial charge in [-0.1, -0.05) is 20.8 Å². The van der Waals surface area contributed by atoms with Crippen molar-refractivity contribution < 1.29 is 9.53 Å². The van der Waals surface area contributed by atoms with Crippen LogP contribution in [-0.4, -0.2) is 18.5 Å². The van der Waals surface area contributed by atoms with Crippen LogP contribution in [0.25, 0.3) is 0 Å². The first-order valence-corrected chi connectivity index (χ1v) is 7.61. The summed E-state index contributed by atoms with van der Waals surface area (Å²) in [5.74, 6) is 1.46. The molecule has 2 heteroatoms. The molecular formula is C16H28O2. The molecule has 3 unspecified atom stereocenters. The van der Waals surface area contributed by atoms with Gasteiger partial charge in [-0.15, -0.1) is 0 Å². The summed E-state index contributed by atoms with van der Waals surface area (Å²) in [7, 11) is 0. The molecule has 1 saturated carbocycles. The fourth-order valence-electron chi connectivity index (χ4n) is 3.44. The highest BCUT2D eigenvalue weighted by atomic mass is 16.5. The van der Waals surface area contributed by atoms with E-state index in [1.165, 1.54) is 12.8 Å². The van der Waals surface area contributed by atoms with Crippen LogP contribution >= 0.6 is 0 Å². The Kier molecular flexibility index (Phi) is 4.47. The molecule has 0 N–H and O–H groups in total. The average molecular weight is 252 g/mol. The Bertz CT molecular complexity index is 284. The highest BCUT2D eigenvalue weighted by Gasteiger charge is 2.36. The van der Waals surface area contributed by atoms with E-state index < -0.39 is 0 Å². The molecule has 1 heterocycles. The fraction of sp³-hybridized carbons (Fsp3) is 0.938. The highest BCUT2D eigenvalue weighted by molar-refractivity contribution is 5.81. The molecule has 1 saturated heterocycles. The zero-order valence-electron chi connectivity index (χ0n) is 12.2. The lowest BCUT2D eigenvalue weighted by Crippen LogP contribution is -2.34. The van der Waals surface area contributed by atoms with E-state index in [1.54, 1.807) is 0 Å². The zero-order valence-corrected chi connectivity index (χ0v) is 12.2. The van der Waals surface area contributed by atoms with E-state index in [2.05, 4.69) is 20.8 Å². The Labute approximate surface area is 111 Å². The SMILES string of the molecule is CC(C)(C)C1CCC(=O)C(CC2CCCCO2)C1. The third-order valence-corrected chi connectivity index (χ3v) is 4.81. The number of ether oxygens (including phenoxy) is 1. The molecule has 0 amide bonds. The van der Waals surface area contributed by atoms with E-state index in [1.807, 2.05) is 0 Å². The lowest BCUT2D eigenvalue weighted by Gasteiger charge is -2.38. The van der Waals surface area contributed by atoms with Gasteiger partial charge in [-0.05, 0) is 49.9 Å². The van der Waals surface area contributed by atoms with Gasteiger partial charge in [0.05, 0.1) is 6.10 Å². The monoisotopic (exact) mass is 252 g/mol. The van der Waals surface area contributed by atoms with Gasteiger partial charge in [0.15, 0.2) is 0 Å². The molecule has 2 aliphatic rings. The molecular weight excluding hydrogens is 224 g/mol. The number of ketones is 1. The largest absolute Gasteiger partial charge is 0.378 e. The van der Waals surface area contributed by atoms with Crippen LogP contribution in [0.15, 0.2) is 0 Å². The molecule has 0 spiro atoms. The number of hydrogen-bond donors (Lipinski definition) is 0. The number of hydrogen-bond acceptors (Lipinski definition) is 2. The van der Waals surface area contributed by atoms with Crippen molar-refractivity contribution >= 4 is 5.78 Å². The Balaban J connectivity index is 1.91. The van der Waals surface area contributed by atoms with Gasteiger partial charge in [0.25, 0.3) is 0 Å². The van der Waals surface area contributed by atoms with Crippen LogP contribution in [0.4, 0.5) is 0 Å². The molecule has 18 heavy (non-hydrogen) atoms. The van der Waals surface area contributed by atoms with Crippen molar-refractivity contribution in [2.24, 2.45) is 17.3 Å². The molecule has 0 aromatic carbocycles. The quantitative estimate of drug-likeness (QED) is 0.743. The van der Waals surface area contributed by atoms with E-state index in [-0.39, 0.29) is 5.92 Å². The minimum Gasteiger partial charge on any atom is -0.378 e. The van der Waals surface area contributed by atoms with Crippen LogP contribution in [0.1, 0.15) is 65.7 Å². The molecule has 1 aliphatic carbocycles. The van der Waals surface area contributed by atoms with Crippen LogP contribution in [0, 0.1) is 17.3 Å². The van der Waals surface area contributed by atoms with Crippen molar-refractivity contribution in [1.82, 2.24) is 0 Å². The lowest BCUT2D eigenvalue weighted by atomic mass is 9.67. The van der Waals surface area contributed by atoms with Crippen LogP contribution in [0.3, 0.4) is 0 Å². The predicted octanol–water partition coefficient (Wildman–Crippen LogP) is 3.98. The molecule has 2 fully saturated rings. The minimum absolute atomic E-state index is 0.270. The molecule has 0 bridgehead atoms. The number of carbonyl (C=O) groups is 1. The predicted molar refractivity (Wildman–Crippen MR) is 73.5 cm³/mol. The molecule has 1 aliphatic heterocycles. The van der Waals surface area contributed by atoms with Crippen LogP contribution in [0.2, 0.25) is 0 Å². The molecule has 2 nitrogen and oxygen atoms in total. The van der Waals surface area contributed by atoms with Crippen molar-refractivity contribution in [3.8, 4) is 0 Å². The highest BCUT2D eigenvalue weighted by Crippen LogP contribution is 2.40. The number of carbonyl (C=O) groups excluding carboxylic acids is 1. The van der Waals surface area contributed by atoms with E-state index in [0.717, 1.165) is 38.7 Å². The van der Waals surface area contributed by atoms with E-state index in [9.17, 15) is 4.79 Å². The molecule has 0 radical (unpaired) electrons. The second-order valence-corrected chi connectivity index (χ2v) is 7.22. The Hall–Kier alpha value is -0.370. The van der Waals surface area contributed by atoms with Crippen molar-refractivity contribution in [2.45, 2.75) is 71.8 Å². The normalized spacial score (nSPS) is 34.6. The summed E-state index contributed by atoms with van der Waals surface area (Å²) in [4.78, 5) is 12.1. The smallest absolute Gasteiger partial charge is 0.136 e. The third kappa shape index (κ3) is 3.57. The second kappa shape index (κ2) is 5.73. The molecule has 0 aromatic rings. The number of Topliss-reactive ketones (excluding diaryl/α,β-unsaturated/α-hetero) is 1. The van der Waals surface area contributed by atoms with Crippen LogP contribution in [0.5, 0.6) is 0 Å². The first kappa shape index (κ1) is 14.0. The maximum atomic E-state index is 12.1. The fourth-order valence-corrected chi connectivity index (χ4v) is 3.44. The first-order valence-electron chi connectivity index (χ1n) is 7.61. The maximum Gasteiger partial charge on any atom is 0.136 e. The summed E-state index contributed by atoms with van der Waals surface area (Å²) < 4.78 is 5.80. The summed E-state index contributed by atoms with van der Waals surface area (Å²) >= 11 is 0.